The van der Waals surface area contributed by atoms with Crippen LogP contribution in [0.3, 0.4) is 0 Å². The first-order valence-corrected chi connectivity index (χ1v) is 7.40. The molecule has 1 saturated carbocycles. The van der Waals surface area contributed by atoms with E-state index in [2.05, 4.69) is 5.32 Å². The summed E-state index contributed by atoms with van der Waals surface area (Å²) in [4.78, 5) is 0. The third-order valence-corrected chi connectivity index (χ3v) is 4.60. The monoisotopic (exact) mass is 279 g/mol. The summed E-state index contributed by atoms with van der Waals surface area (Å²) in [6.45, 7) is 4.29. The van der Waals surface area contributed by atoms with Crippen molar-refractivity contribution in [3.8, 4) is 0 Å². The van der Waals surface area contributed by atoms with Crippen LogP contribution in [-0.2, 0) is 4.74 Å². The first-order valence-electron chi connectivity index (χ1n) is 7.40. The maximum atomic E-state index is 12.9. The molecule has 0 bridgehead atoms. The zero-order valence-electron chi connectivity index (χ0n) is 11.5. The molecule has 2 fully saturated rings. The zero-order valence-corrected chi connectivity index (χ0v) is 11.5. The molecule has 1 N–H and O–H groups in total. The van der Waals surface area contributed by atoms with E-state index in [0.717, 1.165) is 26.0 Å². The van der Waals surface area contributed by atoms with Gasteiger partial charge in [0.1, 0.15) is 0 Å². The van der Waals surface area contributed by atoms with Crippen molar-refractivity contribution in [2.24, 2.45) is 17.8 Å². The van der Waals surface area contributed by atoms with Crippen LogP contribution in [-0.4, -0.2) is 32.0 Å². The standard InChI is InChI=1S/C14H24F3NO/c1-2-18-13(11-6-7-19-9-11)10-4-3-5-12(8-10)14(15,16)17/h10-13,18H,2-9H2,1H3. The van der Waals surface area contributed by atoms with Crippen LogP contribution in [0.5, 0.6) is 0 Å². The van der Waals surface area contributed by atoms with Crippen molar-refractivity contribution in [3.63, 3.8) is 0 Å². The van der Waals surface area contributed by atoms with Crippen molar-refractivity contribution in [1.29, 1.82) is 0 Å². The first kappa shape index (κ1) is 15.1. The highest BCUT2D eigenvalue weighted by atomic mass is 19.4. The van der Waals surface area contributed by atoms with E-state index in [4.69, 9.17) is 4.74 Å². The van der Waals surface area contributed by atoms with Gasteiger partial charge in [0.05, 0.1) is 12.5 Å². The van der Waals surface area contributed by atoms with Gasteiger partial charge < -0.3 is 10.1 Å². The second kappa shape index (κ2) is 6.44. The lowest BCUT2D eigenvalue weighted by atomic mass is 9.74. The van der Waals surface area contributed by atoms with Gasteiger partial charge in [-0.25, -0.2) is 0 Å². The number of nitrogens with one attached hydrogen (secondary N) is 1. The van der Waals surface area contributed by atoms with Crippen molar-refractivity contribution in [3.05, 3.63) is 0 Å². The van der Waals surface area contributed by atoms with Gasteiger partial charge in [-0.15, -0.1) is 0 Å². The minimum atomic E-state index is -4.03. The molecule has 0 aromatic heterocycles. The average Bonchev–Trinajstić information content (AvgIpc) is 2.88. The molecule has 4 unspecified atom stereocenters. The molecule has 2 nitrogen and oxygen atoms in total. The van der Waals surface area contributed by atoms with Crippen LogP contribution >= 0.6 is 0 Å². The molecule has 4 atom stereocenters. The average molecular weight is 279 g/mol. The van der Waals surface area contributed by atoms with Crippen molar-refractivity contribution >= 4 is 0 Å². The summed E-state index contributed by atoms with van der Waals surface area (Å²) in [5.74, 6) is -0.571. The minimum absolute atomic E-state index is 0.145. The van der Waals surface area contributed by atoms with Crippen LogP contribution in [0.1, 0.15) is 39.0 Å². The van der Waals surface area contributed by atoms with Crippen molar-refractivity contribution in [1.82, 2.24) is 5.32 Å². The van der Waals surface area contributed by atoms with Crippen molar-refractivity contribution < 1.29 is 17.9 Å². The van der Waals surface area contributed by atoms with Gasteiger partial charge in [0, 0.05) is 18.6 Å². The summed E-state index contributed by atoms with van der Waals surface area (Å²) in [7, 11) is 0. The number of hydrogen-bond donors (Lipinski definition) is 1. The quantitative estimate of drug-likeness (QED) is 0.852. The molecule has 5 heteroatoms. The highest BCUT2D eigenvalue weighted by molar-refractivity contribution is 4.89. The molecule has 1 aliphatic heterocycles. The number of halogens is 3. The Morgan fingerprint density at radius 3 is 2.58 bits per heavy atom. The molecule has 112 valence electrons. The van der Waals surface area contributed by atoms with Gasteiger partial charge in [-0.1, -0.05) is 13.3 Å². The minimum Gasteiger partial charge on any atom is -0.381 e. The van der Waals surface area contributed by atoms with Gasteiger partial charge >= 0.3 is 6.18 Å². The Labute approximate surface area is 113 Å². The molecule has 1 heterocycles. The van der Waals surface area contributed by atoms with E-state index >= 15 is 0 Å². The fourth-order valence-corrected chi connectivity index (χ4v) is 3.64. The molecule has 2 aliphatic rings. The first-order chi connectivity index (χ1) is 9.02. The normalized spacial score (nSPS) is 34.4. The smallest absolute Gasteiger partial charge is 0.381 e. The van der Waals surface area contributed by atoms with E-state index in [0.29, 0.717) is 25.4 Å². The Hall–Kier alpha value is -0.290. The van der Waals surface area contributed by atoms with E-state index in [1.54, 1.807) is 0 Å². The summed E-state index contributed by atoms with van der Waals surface area (Å²) in [5.41, 5.74) is 0. The van der Waals surface area contributed by atoms with Gasteiger partial charge in [-0.2, -0.15) is 13.2 Å². The molecule has 2 rings (SSSR count). The van der Waals surface area contributed by atoms with Gasteiger partial charge in [0.15, 0.2) is 0 Å². The zero-order chi connectivity index (χ0) is 13.9. The molecule has 19 heavy (non-hydrogen) atoms. The fraction of sp³-hybridized carbons (Fsp3) is 1.00. The van der Waals surface area contributed by atoms with Crippen LogP contribution in [0.15, 0.2) is 0 Å². The van der Waals surface area contributed by atoms with Crippen LogP contribution in [0.25, 0.3) is 0 Å². The van der Waals surface area contributed by atoms with E-state index in [-0.39, 0.29) is 18.4 Å². The number of hydrogen-bond acceptors (Lipinski definition) is 2. The predicted molar refractivity (Wildman–Crippen MR) is 67.9 cm³/mol. The van der Waals surface area contributed by atoms with Gasteiger partial charge in [0.2, 0.25) is 0 Å². The fourth-order valence-electron chi connectivity index (χ4n) is 3.64. The van der Waals surface area contributed by atoms with E-state index in [9.17, 15) is 13.2 Å². The topological polar surface area (TPSA) is 21.3 Å². The lowest BCUT2D eigenvalue weighted by molar-refractivity contribution is -0.187. The summed E-state index contributed by atoms with van der Waals surface area (Å²) in [6.07, 6.45) is -0.838. The summed E-state index contributed by atoms with van der Waals surface area (Å²) < 4.78 is 44.1. The second-order valence-electron chi connectivity index (χ2n) is 5.87. The SMILES string of the molecule is CCNC(C1CCOC1)C1CCCC(C(F)(F)F)C1. The van der Waals surface area contributed by atoms with Crippen LogP contribution < -0.4 is 5.32 Å². The highest BCUT2D eigenvalue weighted by Crippen LogP contribution is 2.42. The Morgan fingerprint density at radius 2 is 2.00 bits per heavy atom. The predicted octanol–water partition coefficient (Wildman–Crippen LogP) is 3.37. The summed E-state index contributed by atoms with van der Waals surface area (Å²) >= 11 is 0. The summed E-state index contributed by atoms with van der Waals surface area (Å²) in [5, 5.41) is 3.42. The lowest BCUT2D eigenvalue weighted by Gasteiger charge is -2.38. The van der Waals surface area contributed by atoms with Crippen LogP contribution in [0, 0.1) is 17.8 Å². The van der Waals surface area contributed by atoms with E-state index < -0.39 is 12.1 Å². The maximum absolute atomic E-state index is 12.9. The van der Waals surface area contributed by atoms with Crippen molar-refractivity contribution in [2.75, 3.05) is 19.8 Å². The van der Waals surface area contributed by atoms with E-state index in [1.165, 1.54) is 0 Å². The van der Waals surface area contributed by atoms with Gasteiger partial charge in [-0.05, 0) is 38.1 Å². The van der Waals surface area contributed by atoms with Gasteiger partial charge in [0.25, 0.3) is 0 Å². The Kier molecular flexibility index (Phi) is 5.12. The highest BCUT2D eigenvalue weighted by Gasteiger charge is 2.44. The third-order valence-electron chi connectivity index (χ3n) is 4.60. The van der Waals surface area contributed by atoms with Crippen LogP contribution in [0.2, 0.25) is 0 Å². The summed E-state index contributed by atoms with van der Waals surface area (Å²) in [6, 6.07) is 0.192. The van der Waals surface area contributed by atoms with Gasteiger partial charge in [-0.3, -0.25) is 0 Å². The number of ether oxygens (including phenoxy) is 1. The molecular formula is C14H24F3NO. The Morgan fingerprint density at radius 1 is 1.21 bits per heavy atom. The molecular weight excluding hydrogens is 255 g/mol. The molecule has 1 aliphatic carbocycles. The van der Waals surface area contributed by atoms with Crippen molar-refractivity contribution in [2.45, 2.75) is 51.2 Å². The molecule has 1 saturated heterocycles. The van der Waals surface area contributed by atoms with E-state index in [1.807, 2.05) is 6.92 Å². The molecule has 0 radical (unpaired) electrons. The Balaban J connectivity index is 1.99. The number of rotatable bonds is 4. The molecule has 0 aromatic rings. The maximum Gasteiger partial charge on any atom is 0.391 e. The molecule has 0 amide bonds. The molecule has 0 aromatic carbocycles. The molecule has 0 spiro atoms. The van der Waals surface area contributed by atoms with Crippen LogP contribution in [0.4, 0.5) is 13.2 Å². The third kappa shape index (κ3) is 3.85. The number of alkyl halides is 3. The Bertz CT molecular complexity index is 276. The lowest BCUT2D eigenvalue weighted by Crippen LogP contribution is -2.45. The second-order valence-corrected chi connectivity index (χ2v) is 5.87. The largest absolute Gasteiger partial charge is 0.391 e.